The van der Waals surface area contributed by atoms with Crippen molar-refractivity contribution >= 4 is 39.1 Å². The number of alkyl halides is 1. The third-order valence-corrected chi connectivity index (χ3v) is 12.7. The molecular weight excluding hydrogens is 442 g/mol. The monoisotopic (exact) mass is 464 g/mol. The van der Waals surface area contributed by atoms with Gasteiger partial charge in [-0.3, -0.25) is 0 Å². The number of hydrogen-bond donors (Lipinski definition) is 0. The topological polar surface area (TPSA) is 0 Å². The van der Waals surface area contributed by atoms with Crippen molar-refractivity contribution in [1.29, 1.82) is 0 Å². The molecule has 0 heterocycles. The Morgan fingerprint density at radius 1 is 0.586 bits per heavy atom. The van der Waals surface area contributed by atoms with Crippen molar-refractivity contribution in [1.82, 2.24) is 0 Å². The second-order valence-electron chi connectivity index (χ2n) is 7.20. The molecule has 4 aromatic rings. The van der Waals surface area contributed by atoms with Gasteiger partial charge in [-0.15, -0.1) is 0 Å². The SMILES string of the molecule is Fc1ccc(CC(Br)[PH](c2ccccc2)(c2ccccc2)c2ccccc2)cc1. The van der Waals surface area contributed by atoms with Crippen LogP contribution in [0, 0.1) is 5.82 Å². The van der Waals surface area contributed by atoms with Gasteiger partial charge >= 0.3 is 181 Å². The van der Waals surface area contributed by atoms with E-state index in [-0.39, 0.29) is 10.4 Å². The Morgan fingerprint density at radius 2 is 0.966 bits per heavy atom. The molecule has 0 radical (unpaired) electrons. The number of halogens is 2. The van der Waals surface area contributed by atoms with Crippen molar-refractivity contribution in [2.45, 2.75) is 11.0 Å². The number of rotatable bonds is 6. The summed E-state index contributed by atoms with van der Waals surface area (Å²) in [4.78, 5) is 0. The second-order valence-corrected chi connectivity index (χ2v) is 13.2. The molecule has 0 N–H and O–H groups in total. The first-order valence-corrected chi connectivity index (χ1v) is 12.8. The Kier molecular flexibility index (Phi) is 6.23. The van der Waals surface area contributed by atoms with Crippen molar-refractivity contribution in [3.05, 3.63) is 127 Å². The third kappa shape index (κ3) is 4.06. The molecule has 0 saturated heterocycles. The van der Waals surface area contributed by atoms with Crippen LogP contribution in [-0.4, -0.2) is 4.57 Å². The molecule has 0 spiro atoms. The summed E-state index contributed by atoms with van der Waals surface area (Å²) in [5.41, 5.74) is 1.13. The number of benzene rings is 4. The fourth-order valence-corrected chi connectivity index (χ4v) is 11.7. The van der Waals surface area contributed by atoms with Crippen LogP contribution in [0.25, 0.3) is 0 Å². The molecule has 4 aromatic carbocycles. The Balaban J connectivity index is 1.93. The van der Waals surface area contributed by atoms with Gasteiger partial charge in [-0.2, -0.15) is 0 Å². The normalized spacial score (nSPS) is 13.0. The summed E-state index contributed by atoms with van der Waals surface area (Å²) >= 11 is 4.13. The molecule has 0 nitrogen and oxygen atoms in total. The maximum absolute atomic E-state index is 13.4. The van der Waals surface area contributed by atoms with Gasteiger partial charge in [0.05, 0.1) is 0 Å². The van der Waals surface area contributed by atoms with Crippen molar-refractivity contribution in [2.24, 2.45) is 0 Å². The molecule has 4 rings (SSSR count). The van der Waals surface area contributed by atoms with E-state index in [1.54, 1.807) is 12.1 Å². The second kappa shape index (κ2) is 9.03. The van der Waals surface area contributed by atoms with Gasteiger partial charge in [0.15, 0.2) is 0 Å². The summed E-state index contributed by atoms with van der Waals surface area (Å²) in [5, 5.41) is 4.09. The summed E-state index contributed by atoms with van der Waals surface area (Å²) < 4.78 is 13.7. The predicted molar refractivity (Wildman–Crippen MR) is 129 cm³/mol. The molecule has 29 heavy (non-hydrogen) atoms. The van der Waals surface area contributed by atoms with Gasteiger partial charge in [-0.25, -0.2) is 0 Å². The first-order valence-electron chi connectivity index (χ1n) is 9.76. The zero-order chi connectivity index (χ0) is 20.1. The van der Waals surface area contributed by atoms with E-state index >= 15 is 0 Å². The Labute approximate surface area is 180 Å². The van der Waals surface area contributed by atoms with E-state index in [1.165, 1.54) is 15.9 Å². The Morgan fingerprint density at radius 3 is 1.34 bits per heavy atom. The summed E-state index contributed by atoms with van der Waals surface area (Å²) in [6, 6.07) is 39.4. The van der Waals surface area contributed by atoms with Crippen molar-refractivity contribution < 1.29 is 4.39 Å². The zero-order valence-electron chi connectivity index (χ0n) is 16.0. The van der Waals surface area contributed by atoms with Crippen LogP contribution in [0.1, 0.15) is 5.56 Å². The summed E-state index contributed by atoms with van der Waals surface area (Å²) in [6.07, 6.45) is 0.825. The Hall–Kier alpha value is -2.28. The molecule has 3 heteroatoms. The first-order chi connectivity index (χ1) is 14.2. The van der Waals surface area contributed by atoms with E-state index in [9.17, 15) is 4.39 Å². The van der Waals surface area contributed by atoms with Gasteiger partial charge in [-0.05, 0) is 0 Å². The predicted octanol–water partition coefficient (Wildman–Crippen LogP) is 5.82. The van der Waals surface area contributed by atoms with Gasteiger partial charge in [0.1, 0.15) is 0 Å². The summed E-state index contributed by atoms with van der Waals surface area (Å²) in [7, 11) is -2.40. The van der Waals surface area contributed by atoms with Gasteiger partial charge in [0, 0.05) is 0 Å². The quantitative estimate of drug-likeness (QED) is 0.249. The average molecular weight is 465 g/mol. The van der Waals surface area contributed by atoms with Crippen molar-refractivity contribution in [3.63, 3.8) is 0 Å². The van der Waals surface area contributed by atoms with Crippen LogP contribution < -0.4 is 15.9 Å². The first kappa shape index (κ1) is 20.0. The zero-order valence-corrected chi connectivity index (χ0v) is 18.6. The Bertz CT molecular complexity index is 938. The van der Waals surface area contributed by atoms with Crippen LogP contribution in [0.4, 0.5) is 4.39 Å². The van der Waals surface area contributed by atoms with Gasteiger partial charge in [-0.1, -0.05) is 0 Å². The fourth-order valence-electron chi connectivity index (χ4n) is 4.13. The molecule has 0 aliphatic rings. The van der Waals surface area contributed by atoms with E-state index in [0.717, 1.165) is 12.0 Å². The van der Waals surface area contributed by atoms with Gasteiger partial charge < -0.3 is 0 Å². The van der Waals surface area contributed by atoms with E-state index < -0.39 is 7.26 Å². The van der Waals surface area contributed by atoms with Crippen LogP contribution in [0.3, 0.4) is 0 Å². The van der Waals surface area contributed by atoms with Crippen LogP contribution >= 0.6 is 23.2 Å². The fraction of sp³-hybridized carbons (Fsp3) is 0.0769. The minimum absolute atomic E-state index is 0.197. The average Bonchev–Trinajstić information content (AvgIpc) is 2.78. The van der Waals surface area contributed by atoms with Crippen LogP contribution in [-0.2, 0) is 6.42 Å². The van der Waals surface area contributed by atoms with Crippen LogP contribution in [0.15, 0.2) is 115 Å². The van der Waals surface area contributed by atoms with Crippen molar-refractivity contribution in [3.8, 4) is 0 Å². The van der Waals surface area contributed by atoms with E-state index in [1.807, 2.05) is 12.1 Å². The molecule has 1 atom stereocenters. The molecule has 0 saturated carbocycles. The summed E-state index contributed by atoms with van der Waals surface area (Å²) in [6.45, 7) is 0. The van der Waals surface area contributed by atoms with Gasteiger partial charge in [0.2, 0.25) is 0 Å². The van der Waals surface area contributed by atoms with Crippen LogP contribution in [0.2, 0.25) is 0 Å². The summed E-state index contributed by atoms with van der Waals surface area (Å²) in [5.74, 6) is -0.197. The molecule has 0 aliphatic heterocycles. The minimum atomic E-state index is -2.40. The third-order valence-electron chi connectivity index (χ3n) is 5.49. The molecule has 1 unspecified atom stereocenters. The standard InChI is InChI=1S/C26H23BrFP/c27-26(20-21-16-18-22(28)19-17-21)29(23-10-4-1-5-11-23,24-12-6-2-7-13-24)25-14-8-3-9-15-25/h1-19,26,29H,20H2. The van der Waals surface area contributed by atoms with Crippen molar-refractivity contribution in [2.75, 3.05) is 0 Å². The van der Waals surface area contributed by atoms with E-state index in [2.05, 4.69) is 107 Å². The van der Waals surface area contributed by atoms with Gasteiger partial charge in [0.25, 0.3) is 0 Å². The molecule has 0 aliphatic carbocycles. The van der Waals surface area contributed by atoms with E-state index in [0.29, 0.717) is 0 Å². The molecule has 146 valence electrons. The molecule has 0 aromatic heterocycles. The van der Waals surface area contributed by atoms with E-state index in [4.69, 9.17) is 0 Å². The number of hydrogen-bond acceptors (Lipinski definition) is 0. The molecule has 0 fully saturated rings. The molecule has 0 amide bonds. The molecular formula is C26H23BrFP. The molecule has 0 bridgehead atoms. The van der Waals surface area contributed by atoms with Crippen LogP contribution in [0.5, 0.6) is 0 Å². The maximum atomic E-state index is 13.4.